The summed E-state index contributed by atoms with van der Waals surface area (Å²) < 4.78 is 0. The van der Waals surface area contributed by atoms with Crippen LogP contribution < -0.4 is 11.5 Å². The minimum Gasteiger partial charge on any atom is -0.370 e. The Labute approximate surface area is 107 Å². The van der Waals surface area contributed by atoms with Gasteiger partial charge in [0, 0.05) is 11.5 Å². The van der Waals surface area contributed by atoms with Gasteiger partial charge in [0.05, 0.1) is 17.3 Å². The largest absolute Gasteiger partial charge is 0.370 e. The summed E-state index contributed by atoms with van der Waals surface area (Å²) in [7, 11) is 0. The number of hydrogen-bond donors (Lipinski definition) is 2. The van der Waals surface area contributed by atoms with E-state index in [-0.39, 0.29) is 11.9 Å². The standard InChI is InChI=1S/C14H14N4/c1-3-10(2)7-13(18-14(16)17)12-6-4-5-11(8-12)9-15/h1,4-8,10H,2H3,(H4,16,17,18)/b13-7-. The van der Waals surface area contributed by atoms with Crippen molar-refractivity contribution in [1.82, 2.24) is 0 Å². The van der Waals surface area contributed by atoms with Gasteiger partial charge in [0.1, 0.15) is 0 Å². The molecule has 1 unspecified atom stereocenters. The number of guanidine groups is 1. The second kappa shape index (κ2) is 6.12. The maximum Gasteiger partial charge on any atom is 0.191 e. The lowest BCUT2D eigenvalue weighted by molar-refractivity contribution is 0.981. The Hall–Kier alpha value is -2.72. The fourth-order valence-electron chi connectivity index (χ4n) is 1.37. The molecule has 1 aromatic rings. The Morgan fingerprint density at radius 1 is 1.50 bits per heavy atom. The lowest BCUT2D eigenvalue weighted by Crippen LogP contribution is -2.22. The van der Waals surface area contributed by atoms with Gasteiger partial charge in [0.15, 0.2) is 5.96 Å². The lowest BCUT2D eigenvalue weighted by Gasteiger charge is -2.05. The fourth-order valence-corrected chi connectivity index (χ4v) is 1.37. The van der Waals surface area contributed by atoms with Crippen LogP contribution in [0.15, 0.2) is 35.3 Å². The van der Waals surface area contributed by atoms with Crippen LogP contribution in [0.1, 0.15) is 18.1 Å². The van der Waals surface area contributed by atoms with Crippen molar-refractivity contribution in [2.24, 2.45) is 22.4 Å². The molecule has 0 aliphatic rings. The van der Waals surface area contributed by atoms with Crippen LogP contribution in [-0.4, -0.2) is 5.96 Å². The second-order valence-electron chi connectivity index (χ2n) is 3.74. The van der Waals surface area contributed by atoms with Crippen LogP contribution in [0.5, 0.6) is 0 Å². The van der Waals surface area contributed by atoms with E-state index in [4.69, 9.17) is 23.2 Å². The highest BCUT2D eigenvalue weighted by atomic mass is 15.0. The first-order valence-electron chi connectivity index (χ1n) is 5.35. The first-order chi connectivity index (χ1) is 8.56. The van der Waals surface area contributed by atoms with Gasteiger partial charge < -0.3 is 11.5 Å². The molecular weight excluding hydrogens is 224 g/mol. The summed E-state index contributed by atoms with van der Waals surface area (Å²) in [5.74, 6) is 2.42. The first-order valence-corrected chi connectivity index (χ1v) is 5.35. The summed E-state index contributed by atoms with van der Waals surface area (Å²) in [4.78, 5) is 4.04. The Bertz CT molecular complexity index is 566. The third-order valence-corrected chi connectivity index (χ3v) is 2.21. The van der Waals surface area contributed by atoms with Crippen molar-refractivity contribution in [3.05, 3.63) is 41.5 Å². The Morgan fingerprint density at radius 3 is 2.78 bits per heavy atom. The quantitative estimate of drug-likeness (QED) is 0.474. The number of hydrogen-bond acceptors (Lipinski definition) is 2. The Kier molecular flexibility index (Phi) is 4.54. The molecule has 18 heavy (non-hydrogen) atoms. The molecule has 0 spiro atoms. The fraction of sp³-hybridized carbons (Fsp3) is 0.143. The topological polar surface area (TPSA) is 88.2 Å². The van der Waals surface area contributed by atoms with Crippen LogP contribution in [0, 0.1) is 29.6 Å². The summed E-state index contributed by atoms with van der Waals surface area (Å²) in [6.45, 7) is 1.86. The van der Waals surface area contributed by atoms with E-state index in [9.17, 15) is 0 Å². The molecular formula is C14H14N4. The van der Waals surface area contributed by atoms with E-state index in [1.807, 2.05) is 13.0 Å². The molecule has 0 saturated carbocycles. The number of nitrogens with zero attached hydrogens (tertiary/aromatic N) is 2. The van der Waals surface area contributed by atoms with E-state index in [0.29, 0.717) is 11.3 Å². The molecule has 4 nitrogen and oxygen atoms in total. The van der Waals surface area contributed by atoms with E-state index in [0.717, 1.165) is 5.56 Å². The average Bonchev–Trinajstić information content (AvgIpc) is 2.37. The van der Waals surface area contributed by atoms with Crippen molar-refractivity contribution < 1.29 is 0 Å². The number of benzene rings is 1. The molecule has 0 bridgehead atoms. The number of allylic oxidation sites excluding steroid dienone is 1. The summed E-state index contributed by atoms with van der Waals surface area (Å²) in [5.41, 5.74) is 12.6. The zero-order valence-corrected chi connectivity index (χ0v) is 10.1. The lowest BCUT2D eigenvalue weighted by atomic mass is 10.0. The molecule has 0 saturated heterocycles. The van der Waals surface area contributed by atoms with Crippen LogP contribution in [0.4, 0.5) is 0 Å². The molecule has 0 radical (unpaired) electrons. The van der Waals surface area contributed by atoms with Crippen molar-refractivity contribution in [3.63, 3.8) is 0 Å². The highest BCUT2D eigenvalue weighted by Crippen LogP contribution is 2.19. The molecule has 0 fully saturated rings. The minimum absolute atomic E-state index is 0.0483. The van der Waals surface area contributed by atoms with E-state index >= 15 is 0 Å². The number of nitriles is 1. The van der Waals surface area contributed by atoms with Gasteiger partial charge in [-0.2, -0.15) is 5.26 Å². The predicted octanol–water partition coefficient (Wildman–Crippen LogP) is 1.44. The van der Waals surface area contributed by atoms with Crippen molar-refractivity contribution in [2.75, 3.05) is 0 Å². The normalized spacial score (nSPS) is 12.1. The third kappa shape index (κ3) is 3.70. The Morgan fingerprint density at radius 2 is 2.22 bits per heavy atom. The summed E-state index contributed by atoms with van der Waals surface area (Å²) in [6.07, 6.45) is 7.10. The molecule has 0 aliphatic heterocycles. The SMILES string of the molecule is C#CC(C)/C=C(\N=C(N)N)c1cccc(C#N)c1. The molecule has 1 rings (SSSR count). The van der Waals surface area contributed by atoms with Crippen LogP contribution in [0.25, 0.3) is 5.70 Å². The molecule has 0 heterocycles. The highest BCUT2D eigenvalue weighted by Gasteiger charge is 2.04. The van der Waals surface area contributed by atoms with Crippen molar-refractivity contribution in [2.45, 2.75) is 6.92 Å². The molecule has 1 atom stereocenters. The molecule has 90 valence electrons. The third-order valence-electron chi connectivity index (χ3n) is 2.21. The van der Waals surface area contributed by atoms with Crippen LogP contribution in [0.3, 0.4) is 0 Å². The van der Waals surface area contributed by atoms with Crippen LogP contribution in [-0.2, 0) is 0 Å². The summed E-state index contributed by atoms with van der Waals surface area (Å²) in [5, 5.41) is 8.87. The van der Waals surface area contributed by atoms with E-state index in [1.165, 1.54) is 0 Å². The number of rotatable bonds is 3. The zero-order valence-electron chi connectivity index (χ0n) is 10.1. The smallest absolute Gasteiger partial charge is 0.191 e. The zero-order chi connectivity index (χ0) is 13.5. The summed E-state index contributed by atoms with van der Waals surface area (Å²) in [6, 6.07) is 9.07. The molecule has 0 aromatic heterocycles. The van der Waals surface area contributed by atoms with E-state index < -0.39 is 0 Å². The van der Waals surface area contributed by atoms with Gasteiger partial charge in [-0.3, -0.25) is 0 Å². The van der Waals surface area contributed by atoms with Crippen molar-refractivity contribution >= 4 is 11.7 Å². The molecule has 4 heteroatoms. The van der Waals surface area contributed by atoms with E-state index in [2.05, 4.69) is 17.0 Å². The Balaban J connectivity index is 3.27. The van der Waals surface area contributed by atoms with Gasteiger partial charge in [0.2, 0.25) is 0 Å². The van der Waals surface area contributed by atoms with Gasteiger partial charge in [-0.25, -0.2) is 4.99 Å². The molecule has 0 amide bonds. The van der Waals surface area contributed by atoms with E-state index in [1.54, 1.807) is 24.3 Å². The molecule has 4 N–H and O–H groups in total. The van der Waals surface area contributed by atoms with Crippen LogP contribution in [0.2, 0.25) is 0 Å². The van der Waals surface area contributed by atoms with Crippen molar-refractivity contribution in [1.29, 1.82) is 5.26 Å². The van der Waals surface area contributed by atoms with Gasteiger partial charge in [-0.1, -0.05) is 18.1 Å². The van der Waals surface area contributed by atoms with Gasteiger partial charge in [-0.05, 0) is 25.1 Å². The van der Waals surface area contributed by atoms with Crippen molar-refractivity contribution in [3.8, 4) is 18.4 Å². The van der Waals surface area contributed by atoms with Gasteiger partial charge in [0.25, 0.3) is 0 Å². The predicted molar refractivity (Wildman–Crippen MR) is 72.9 cm³/mol. The molecule has 0 aliphatic carbocycles. The van der Waals surface area contributed by atoms with Crippen LogP contribution >= 0.6 is 0 Å². The monoisotopic (exact) mass is 238 g/mol. The second-order valence-corrected chi connectivity index (χ2v) is 3.74. The van der Waals surface area contributed by atoms with Gasteiger partial charge in [-0.15, -0.1) is 6.42 Å². The summed E-state index contributed by atoms with van der Waals surface area (Å²) >= 11 is 0. The van der Waals surface area contributed by atoms with Gasteiger partial charge >= 0.3 is 0 Å². The number of nitrogens with two attached hydrogens (primary N) is 2. The number of terminal acetylenes is 1. The average molecular weight is 238 g/mol. The maximum atomic E-state index is 8.87. The number of aliphatic imine (C=N–C) groups is 1. The minimum atomic E-state index is -0.103. The highest BCUT2D eigenvalue weighted by molar-refractivity contribution is 5.84. The first kappa shape index (κ1) is 13.3. The molecule has 1 aromatic carbocycles. The maximum absolute atomic E-state index is 8.87.